The first-order chi connectivity index (χ1) is 21.0. The van der Waals surface area contributed by atoms with E-state index in [2.05, 4.69) is 90.5 Å². The summed E-state index contributed by atoms with van der Waals surface area (Å²) in [6, 6.07) is 30.7. The maximum Gasteiger partial charge on any atom is 0.167 e. The fraction of sp³-hybridized carbons (Fsp3) is 0.0811. The lowest BCUT2D eigenvalue weighted by molar-refractivity contribution is 0.412. The minimum absolute atomic E-state index is 0.0659. The number of hydrogen-bond donors (Lipinski definition) is 4. The summed E-state index contributed by atoms with van der Waals surface area (Å²) in [6.07, 6.45) is 0. The van der Waals surface area contributed by atoms with Gasteiger partial charge in [-0.3, -0.25) is 0 Å². The number of aromatic amines is 2. The van der Waals surface area contributed by atoms with E-state index in [0.29, 0.717) is 21.8 Å². The van der Waals surface area contributed by atoms with E-state index in [4.69, 9.17) is 9.97 Å². The highest BCUT2D eigenvalue weighted by Crippen LogP contribution is 2.45. The summed E-state index contributed by atoms with van der Waals surface area (Å²) in [7, 11) is 0. The number of rotatable bonds is 1. The molecular formula is C37H26N4O2. The molecule has 0 aliphatic carbocycles. The molecule has 4 N–H and O–H groups in total. The van der Waals surface area contributed by atoms with Gasteiger partial charge < -0.3 is 20.2 Å². The summed E-state index contributed by atoms with van der Waals surface area (Å²) in [4.78, 5) is 17.9. The second-order valence-corrected chi connectivity index (χ2v) is 11.5. The van der Waals surface area contributed by atoms with Crippen LogP contribution in [0.2, 0.25) is 0 Å². The minimum Gasteiger partial charge on any atom is -0.504 e. The van der Waals surface area contributed by atoms with Crippen molar-refractivity contribution in [3.63, 3.8) is 0 Å². The molecule has 0 fully saturated rings. The number of phenolic OH excluding ortho intramolecular Hbond substituents is 2. The van der Waals surface area contributed by atoms with Crippen molar-refractivity contribution in [1.82, 2.24) is 19.9 Å². The summed E-state index contributed by atoms with van der Waals surface area (Å²) in [5.41, 5.74) is 12.4. The highest BCUT2D eigenvalue weighted by Gasteiger charge is 2.28. The van der Waals surface area contributed by atoms with E-state index >= 15 is 0 Å². The van der Waals surface area contributed by atoms with Gasteiger partial charge in [0.25, 0.3) is 0 Å². The average molecular weight is 559 g/mol. The standard InChI is InChI=1S/C37H26N4O2/c1-18-21-10-6-12-23-27-16-14-25-34(38-27)35-26(37(43)36(25)42)15-17-28(39-35)24-13-7-11-22-19(2)31(41-33(22)24)29(30(18)40-32(21)23)20-8-4-3-5-9-20/h3-17,29,40-43H,1-2H3. The Morgan fingerprint density at radius 3 is 1.51 bits per heavy atom. The van der Waals surface area contributed by atoms with E-state index < -0.39 is 0 Å². The quantitative estimate of drug-likeness (QED) is 0.120. The number of aromatic hydroxyl groups is 2. The summed E-state index contributed by atoms with van der Waals surface area (Å²) >= 11 is 0. The normalized spacial score (nSPS) is 13.0. The highest BCUT2D eigenvalue weighted by molar-refractivity contribution is 6.11. The first-order valence-electron chi connectivity index (χ1n) is 14.4. The van der Waals surface area contributed by atoms with Crippen LogP contribution in [0.25, 0.3) is 66.1 Å². The van der Waals surface area contributed by atoms with Crippen LogP contribution in [0.1, 0.15) is 34.0 Å². The van der Waals surface area contributed by atoms with Crippen LogP contribution in [0.5, 0.6) is 11.5 Å². The van der Waals surface area contributed by atoms with Gasteiger partial charge in [-0.2, -0.15) is 0 Å². The minimum atomic E-state index is -0.192. The summed E-state index contributed by atoms with van der Waals surface area (Å²) in [5.74, 6) is -0.450. The second-order valence-electron chi connectivity index (χ2n) is 11.5. The Kier molecular flexibility index (Phi) is 4.72. The number of aryl methyl sites for hydroxylation is 2. The third kappa shape index (κ3) is 3.17. The number of fused-ring (bicyclic) bond motifs is 6. The van der Waals surface area contributed by atoms with Gasteiger partial charge in [0.1, 0.15) is 11.0 Å². The molecule has 0 unspecified atom stereocenters. The van der Waals surface area contributed by atoms with Gasteiger partial charge >= 0.3 is 0 Å². The maximum absolute atomic E-state index is 11.0. The zero-order valence-electron chi connectivity index (χ0n) is 23.5. The fourth-order valence-corrected chi connectivity index (χ4v) is 7.09. The smallest absolute Gasteiger partial charge is 0.167 e. The molecule has 1 aliphatic rings. The number of phenols is 2. The Morgan fingerprint density at radius 2 is 1.02 bits per heavy atom. The van der Waals surface area contributed by atoms with E-state index in [-0.39, 0.29) is 17.4 Å². The number of nitrogens with zero attached hydrogens (tertiary/aromatic N) is 2. The number of nitrogens with one attached hydrogen (secondary N) is 2. The molecule has 0 saturated carbocycles. The lowest BCUT2D eigenvalue weighted by atomic mass is 9.88. The van der Waals surface area contributed by atoms with Crippen LogP contribution in [0.3, 0.4) is 0 Å². The molecule has 8 bridgehead atoms. The SMILES string of the molecule is Cc1c2[nH]c3c(cccc13)-c1ccc3c(O)c(O)c4ccc(nc4c3n1)-c1cccc3c(C)c([nH]c13)C2c1ccccc1. The molecular weight excluding hydrogens is 532 g/mol. The summed E-state index contributed by atoms with van der Waals surface area (Å²) < 4.78 is 0. The zero-order valence-corrected chi connectivity index (χ0v) is 23.5. The molecule has 0 atom stereocenters. The van der Waals surface area contributed by atoms with Crippen molar-refractivity contribution in [2.45, 2.75) is 19.8 Å². The van der Waals surface area contributed by atoms with Gasteiger partial charge in [-0.05, 0) is 54.8 Å². The lowest BCUT2D eigenvalue weighted by Gasteiger charge is -2.18. The molecule has 1 aliphatic heterocycles. The van der Waals surface area contributed by atoms with Crippen LogP contribution in [-0.2, 0) is 0 Å². The Balaban J connectivity index is 1.51. The van der Waals surface area contributed by atoms with Crippen molar-refractivity contribution in [2.75, 3.05) is 0 Å². The Labute approximate surface area is 246 Å². The van der Waals surface area contributed by atoms with Crippen molar-refractivity contribution in [3.8, 4) is 34.0 Å². The molecule has 9 rings (SSSR count). The lowest BCUT2D eigenvalue weighted by Crippen LogP contribution is -2.07. The predicted octanol–water partition coefficient (Wildman–Crippen LogP) is 8.60. The van der Waals surface area contributed by atoms with Gasteiger partial charge in [-0.1, -0.05) is 66.7 Å². The topological polar surface area (TPSA) is 97.8 Å². The van der Waals surface area contributed by atoms with Crippen molar-refractivity contribution >= 4 is 43.6 Å². The summed E-state index contributed by atoms with van der Waals surface area (Å²) in [6.45, 7) is 4.38. The van der Waals surface area contributed by atoms with Gasteiger partial charge in [0, 0.05) is 44.1 Å². The molecule has 0 spiro atoms. The highest BCUT2D eigenvalue weighted by atomic mass is 16.3. The van der Waals surface area contributed by atoms with E-state index in [0.717, 1.165) is 55.7 Å². The predicted molar refractivity (Wildman–Crippen MR) is 172 cm³/mol. The van der Waals surface area contributed by atoms with Crippen LogP contribution in [0, 0.1) is 13.8 Å². The van der Waals surface area contributed by atoms with Crippen LogP contribution >= 0.6 is 0 Å². The van der Waals surface area contributed by atoms with Crippen molar-refractivity contribution in [1.29, 1.82) is 0 Å². The largest absolute Gasteiger partial charge is 0.504 e. The first-order valence-corrected chi connectivity index (χ1v) is 14.4. The van der Waals surface area contributed by atoms with Gasteiger partial charge in [0.05, 0.1) is 28.3 Å². The van der Waals surface area contributed by atoms with Crippen molar-refractivity contribution in [2.24, 2.45) is 0 Å². The number of aromatic nitrogens is 4. The monoisotopic (exact) mass is 558 g/mol. The Bertz CT molecular complexity index is 2300. The first kappa shape index (κ1) is 24.0. The number of pyridine rings is 2. The molecule has 4 aromatic carbocycles. The number of benzene rings is 4. The molecule has 206 valence electrons. The van der Waals surface area contributed by atoms with Crippen LogP contribution in [0.4, 0.5) is 0 Å². The Hall–Kier alpha value is -5.62. The third-order valence-electron chi connectivity index (χ3n) is 9.28. The van der Waals surface area contributed by atoms with Crippen molar-refractivity contribution < 1.29 is 10.2 Å². The van der Waals surface area contributed by atoms with E-state index in [1.807, 2.05) is 24.3 Å². The number of hydrogen-bond acceptors (Lipinski definition) is 4. The molecule has 0 amide bonds. The zero-order chi connectivity index (χ0) is 29.0. The molecule has 43 heavy (non-hydrogen) atoms. The molecule has 5 heterocycles. The molecule has 6 heteroatoms. The van der Waals surface area contributed by atoms with E-state index in [9.17, 15) is 10.2 Å². The fourth-order valence-electron chi connectivity index (χ4n) is 7.09. The molecule has 0 radical (unpaired) electrons. The van der Waals surface area contributed by atoms with Crippen LogP contribution < -0.4 is 0 Å². The second kappa shape index (κ2) is 8.46. The van der Waals surface area contributed by atoms with Crippen molar-refractivity contribution in [3.05, 3.63) is 119 Å². The average Bonchev–Trinajstić information content (AvgIpc) is 3.56. The van der Waals surface area contributed by atoms with Crippen LogP contribution in [-0.4, -0.2) is 30.1 Å². The van der Waals surface area contributed by atoms with Gasteiger partial charge in [-0.25, -0.2) is 9.97 Å². The molecule has 8 aromatic rings. The Morgan fingerprint density at radius 1 is 0.535 bits per heavy atom. The van der Waals surface area contributed by atoms with Gasteiger partial charge in [0.15, 0.2) is 11.5 Å². The number of para-hydroxylation sites is 2. The molecule has 4 aromatic heterocycles. The van der Waals surface area contributed by atoms with E-state index in [1.54, 1.807) is 0 Å². The van der Waals surface area contributed by atoms with E-state index in [1.165, 1.54) is 16.7 Å². The van der Waals surface area contributed by atoms with Gasteiger partial charge in [-0.15, -0.1) is 0 Å². The maximum atomic E-state index is 11.0. The summed E-state index contributed by atoms with van der Waals surface area (Å²) in [5, 5.41) is 25.1. The third-order valence-corrected chi connectivity index (χ3v) is 9.28. The van der Waals surface area contributed by atoms with Gasteiger partial charge in [0.2, 0.25) is 0 Å². The molecule has 0 saturated heterocycles. The number of H-pyrrole nitrogens is 2. The van der Waals surface area contributed by atoms with Crippen LogP contribution in [0.15, 0.2) is 91.0 Å². The molecule has 6 nitrogen and oxygen atoms in total.